The molecule has 0 radical (unpaired) electrons. The monoisotopic (exact) mass is 302 g/mol. The molecule has 3 N–H and O–H groups in total. The average Bonchev–Trinajstić information content (AvgIpc) is 2.51. The van der Waals surface area contributed by atoms with Crippen molar-refractivity contribution in [1.82, 2.24) is 5.43 Å². The van der Waals surface area contributed by atoms with Gasteiger partial charge in [0, 0.05) is 21.2 Å². The van der Waals surface area contributed by atoms with Gasteiger partial charge in [0.15, 0.2) is 0 Å². The van der Waals surface area contributed by atoms with E-state index in [1.165, 1.54) is 11.3 Å². The van der Waals surface area contributed by atoms with Gasteiger partial charge < -0.3 is 0 Å². The second-order valence-electron chi connectivity index (χ2n) is 3.04. The molecule has 0 aliphatic carbocycles. The molecule has 0 bridgehead atoms. The number of nitrogens with two attached hydrogens (primary N) is 1. The van der Waals surface area contributed by atoms with E-state index >= 15 is 0 Å². The molecule has 1 unspecified atom stereocenters. The lowest BCUT2D eigenvalue weighted by atomic mass is 10.1. The van der Waals surface area contributed by atoms with Gasteiger partial charge in [-0.2, -0.15) is 13.2 Å². The third-order valence-corrected chi connectivity index (χ3v) is 3.66. The number of hydrogen-bond donors (Lipinski definition) is 2. The Labute approximate surface area is 97.8 Å². The standard InChI is InChI=1S/C8H10BrF3N2S/c9-5-3-7(15-4-5)6(14-13)1-2-8(10,11)12/h3-4,6,14H,1-2,13H2. The van der Waals surface area contributed by atoms with Crippen LogP contribution in [0, 0.1) is 0 Å². The summed E-state index contributed by atoms with van der Waals surface area (Å²) in [5.74, 6) is 5.22. The van der Waals surface area contributed by atoms with E-state index in [2.05, 4.69) is 21.4 Å². The second kappa shape index (κ2) is 5.29. The third kappa shape index (κ3) is 4.50. The molecule has 1 aromatic rings. The van der Waals surface area contributed by atoms with Crippen LogP contribution < -0.4 is 11.3 Å². The Morgan fingerprint density at radius 3 is 2.60 bits per heavy atom. The molecule has 0 saturated heterocycles. The highest BCUT2D eigenvalue weighted by atomic mass is 79.9. The van der Waals surface area contributed by atoms with E-state index in [1.807, 2.05) is 5.38 Å². The highest BCUT2D eigenvalue weighted by molar-refractivity contribution is 9.10. The van der Waals surface area contributed by atoms with Crippen LogP contribution in [0.3, 0.4) is 0 Å². The van der Waals surface area contributed by atoms with Gasteiger partial charge in [-0.05, 0) is 28.4 Å². The topological polar surface area (TPSA) is 38.0 Å². The summed E-state index contributed by atoms with van der Waals surface area (Å²) in [5, 5.41) is 1.81. The lowest BCUT2D eigenvalue weighted by molar-refractivity contribution is -0.136. The summed E-state index contributed by atoms with van der Waals surface area (Å²) in [6.07, 6.45) is -5.02. The van der Waals surface area contributed by atoms with Gasteiger partial charge in [-0.1, -0.05) is 0 Å². The van der Waals surface area contributed by atoms with Gasteiger partial charge in [0.25, 0.3) is 0 Å². The fraction of sp³-hybridized carbons (Fsp3) is 0.500. The Kier molecular flexibility index (Phi) is 4.57. The molecule has 0 spiro atoms. The molecule has 15 heavy (non-hydrogen) atoms. The smallest absolute Gasteiger partial charge is 0.271 e. The Balaban J connectivity index is 2.57. The lowest BCUT2D eigenvalue weighted by Crippen LogP contribution is -2.28. The van der Waals surface area contributed by atoms with Crippen molar-refractivity contribution in [1.29, 1.82) is 0 Å². The second-order valence-corrected chi connectivity index (χ2v) is 4.90. The van der Waals surface area contributed by atoms with Gasteiger partial charge in [0.05, 0.1) is 6.04 Å². The van der Waals surface area contributed by atoms with E-state index in [9.17, 15) is 13.2 Å². The average molecular weight is 303 g/mol. The van der Waals surface area contributed by atoms with Crippen LogP contribution in [-0.4, -0.2) is 6.18 Å². The summed E-state index contributed by atoms with van der Waals surface area (Å²) in [7, 11) is 0. The normalized spacial score (nSPS) is 14.2. The molecular weight excluding hydrogens is 293 g/mol. The largest absolute Gasteiger partial charge is 0.389 e. The summed E-state index contributed by atoms with van der Waals surface area (Å²) in [4.78, 5) is 0.800. The zero-order chi connectivity index (χ0) is 11.5. The van der Waals surface area contributed by atoms with Crippen LogP contribution in [0.25, 0.3) is 0 Å². The van der Waals surface area contributed by atoms with Crippen LogP contribution >= 0.6 is 27.3 Å². The summed E-state index contributed by atoms with van der Waals surface area (Å²) >= 11 is 4.62. The molecule has 0 aromatic carbocycles. The van der Waals surface area contributed by atoms with E-state index in [-0.39, 0.29) is 6.42 Å². The van der Waals surface area contributed by atoms with Crippen molar-refractivity contribution in [3.63, 3.8) is 0 Å². The third-order valence-electron chi connectivity index (χ3n) is 1.85. The molecule has 0 aliphatic heterocycles. The molecule has 0 fully saturated rings. The molecule has 86 valence electrons. The Bertz CT molecular complexity index is 313. The van der Waals surface area contributed by atoms with Crippen LogP contribution in [0.2, 0.25) is 0 Å². The van der Waals surface area contributed by atoms with Gasteiger partial charge in [0.1, 0.15) is 0 Å². The zero-order valence-corrected chi connectivity index (χ0v) is 10.0. The Morgan fingerprint density at radius 2 is 2.20 bits per heavy atom. The molecule has 1 heterocycles. The van der Waals surface area contributed by atoms with E-state index in [0.29, 0.717) is 0 Å². The van der Waals surface area contributed by atoms with Crippen LogP contribution in [0.1, 0.15) is 23.8 Å². The van der Waals surface area contributed by atoms with E-state index in [0.717, 1.165) is 9.35 Å². The van der Waals surface area contributed by atoms with E-state index < -0.39 is 18.6 Å². The molecule has 1 rings (SSSR count). The van der Waals surface area contributed by atoms with E-state index in [1.54, 1.807) is 6.07 Å². The molecule has 7 heteroatoms. The summed E-state index contributed by atoms with van der Waals surface area (Å²) in [5.41, 5.74) is 2.39. The van der Waals surface area contributed by atoms with Gasteiger partial charge in [-0.25, -0.2) is 0 Å². The highest BCUT2D eigenvalue weighted by Crippen LogP contribution is 2.31. The maximum atomic E-state index is 12.0. The first kappa shape index (κ1) is 13.0. The SMILES string of the molecule is NNC(CCC(F)(F)F)c1cc(Br)cs1. The lowest BCUT2D eigenvalue weighted by Gasteiger charge is -2.15. The number of alkyl halides is 3. The quantitative estimate of drug-likeness (QED) is 0.661. The van der Waals surface area contributed by atoms with Crippen molar-refractivity contribution >= 4 is 27.3 Å². The van der Waals surface area contributed by atoms with Crippen molar-refractivity contribution in [2.75, 3.05) is 0 Å². The van der Waals surface area contributed by atoms with Gasteiger partial charge >= 0.3 is 6.18 Å². The number of halogens is 4. The number of hydrogen-bond acceptors (Lipinski definition) is 3. The number of rotatable bonds is 4. The molecule has 0 amide bonds. The zero-order valence-electron chi connectivity index (χ0n) is 7.64. The molecule has 1 atom stereocenters. The van der Waals surface area contributed by atoms with Crippen LogP contribution in [0.15, 0.2) is 15.9 Å². The maximum Gasteiger partial charge on any atom is 0.389 e. The molecule has 0 aliphatic rings. The molecule has 1 aromatic heterocycles. The molecular formula is C8H10BrF3N2S. The first-order valence-corrected chi connectivity index (χ1v) is 5.86. The minimum atomic E-state index is -4.14. The summed E-state index contributed by atoms with van der Waals surface area (Å²) < 4.78 is 36.9. The minimum absolute atomic E-state index is 0.0487. The summed E-state index contributed by atoms with van der Waals surface area (Å²) in [6.45, 7) is 0. The number of thiophene rings is 1. The van der Waals surface area contributed by atoms with Gasteiger partial charge in [-0.15, -0.1) is 11.3 Å². The van der Waals surface area contributed by atoms with Crippen molar-refractivity contribution in [2.24, 2.45) is 5.84 Å². The maximum absolute atomic E-state index is 12.0. The highest BCUT2D eigenvalue weighted by Gasteiger charge is 2.28. The molecule has 2 nitrogen and oxygen atoms in total. The predicted molar refractivity (Wildman–Crippen MR) is 57.4 cm³/mol. The number of nitrogens with one attached hydrogen (secondary N) is 1. The van der Waals surface area contributed by atoms with Crippen molar-refractivity contribution in [2.45, 2.75) is 25.1 Å². The first-order valence-electron chi connectivity index (χ1n) is 4.19. The summed E-state index contributed by atoms with van der Waals surface area (Å²) in [6, 6.07) is 1.33. The Morgan fingerprint density at radius 1 is 1.53 bits per heavy atom. The number of hydrazine groups is 1. The van der Waals surface area contributed by atoms with Gasteiger partial charge in [-0.3, -0.25) is 11.3 Å². The van der Waals surface area contributed by atoms with Crippen LogP contribution in [-0.2, 0) is 0 Å². The van der Waals surface area contributed by atoms with Gasteiger partial charge in [0.2, 0.25) is 0 Å². The van der Waals surface area contributed by atoms with Crippen molar-refractivity contribution in [3.8, 4) is 0 Å². The van der Waals surface area contributed by atoms with Crippen molar-refractivity contribution < 1.29 is 13.2 Å². The van der Waals surface area contributed by atoms with Crippen molar-refractivity contribution in [3.05, 3.63) is 20.8 Å². The Hall–Kier alpha value is -0.110. The fourth-order valence-corrected chi connectivity index (χ4v) is 2.67. The fourth-order valence-electron chi connectivity index (χ4n) is 1.13. The van der Waals surface area contributed by atoms with E-state index in [4.69, 9.17) is 5.84 Å². The minimum Gasteiger partial charge on any atom is -0.271 e. The predicted octanol–water partition coefficient (Wildman–Crippen LogP) is 3.36. The van der Waals surface area contributed by atoms with Crippen LogP contribution in [0.4, 0.5) is 13.2 Å². The molecule has 0 saturated carbocycles. The first-order chi connectivity index (χ1) is 6.92. The van der Waals surface area contributed by atoms with Crippen LogP contribution in [0.5, 0.6) is 0 Å².